The number of anilines is 1. The molecule has 0 bridgehead atoms. The van der Waals surface area contributed by atoms with Crippen LogP contribution in [0.2, 0.25) is 5.02 Å². The highest BCUT2D eigenvalue weighted by Gasteiger charge is 2.06. The Hall–Kier alpha value is -2.37. The average molecular weight is 345 g/mol. The zero-order valence-corrected chi connectivity index (χ0v) is 13.8. The van der Waals surface area contributed by atoms with Gasteiger partial charge in [0.1, 0.15) is 11.5 Å². The van der Waals surface area contributed by atoms with E-state index in [2.05, 4.69) is 10.3 Å². The number of halogens is 1. The van der Waals surface area contributed by atoms with Crippen LogP contribution in [0.15, 0.2) is 52.4 Å². The molecule has 1 aromatic carbocycles. The zero-order chi connectivity index (χ0) is 16.2. The van der Waals surface area contributed by atoms with Crippen LogP contribution in [0.1, 0.15) is 11.3 Å². The number of hydrogen-bond donors (Lipinski definition) is 1. The number of carbonyl (C=O) groups is 1. The molecular weight excluding hydrogens is 332 g/mol. The van der Waals surface area contributed by atoms with Crippen molar-refractivity contribution < 1.29 is 9.21 Å². The first-order chi connectivity index (χ1) is 11.1. The van der Waals surface area contributed by atoms with E-state index in [1.807, 2.05) is 31.2 Å². The summed E-state index contributed by atoms with van der Waals surface area (Å²) in [6.07, 6.45) is 4.66. The number of rotatable bonds is 4. The summed E-state index contributed by atoms with van der Waals surface area (Å²) in [6, 6.07) is 9.40. The number of aromatic nitrogens is 1. The number of carbonyl (C=O) groups excluding carboxylic acids is 1. The number of aryl methyl sites for hydroxylation is 1. The first kappa shape index (κ1) is 15.5. The molecule has 0 atom stereocenters. The molecule has 2 aromatic heterocycles. The second-order valence-electron chi connectivity index (χ2n) is 4.83. The summed E-state index contributed by atoms with van der Waals surface area (Å²) >= 11 is 7.49. The fourth-order valence-corrected chi connectivity index (χ4v) is 2.65. The smallest absolute Gasteiger partial charge is 0.250 e. The molecule has 0 fully saturated rings. The number of hydrogen-bond acceptors (Lipinski definition) is 4. The van der Waals surface area contributed by atoms with Crippen molar-refractivity contribution in [2.75, 3.05) is 5.32 Å². The Morgan fingerprint density at radius 2 is 2.22 bits per heavy atom. The lowest BCUT2D eigenvalue weighted by molar-refractivity contribution is -0.111. The molecule has 2 heterocycles. The van der Waals surface area contributed by atoms with Gasteiger partial charge in [0.05, 0.1) is 0 Å². The van der Waals surface area contributed by atoms with Crippen molar-refractivity contribution in [1.82, 2.24) is 4.98 Å². The molecule has 1 amide bonds. The van der Waals surface area contributed by atoms with Crippen LogP contribution < -0.4 is 5.32 Å². The minimum Gasteiger partial charge on any atom is -0.457 e. The van der Waals surface area contributed by atoms with E-state index in [0.717, 1.165) is 11.1 Å². The van der Waals surface area contributed by atoms with Crippen LogP contribution in [0.4, 0.5) is 5.13 Å². The normalized spacial score (nSPS) is 11.0. The van der Waals surface area contributed by atoms with E-state index in [-0.39, 0.29) is 5.91 Å². The Morgan fingerprint density at radius 1 is 1.35 bits per heavy atom. The maximum atomic E-state index is 11.8. The van der Waals surface area contributed by atoms with Gasteiger partial charge in [-0.15, -0.1) is 11.3 Å². The fraction of sp³-hybridized carbons (Fsp3) is 0.0588. The average Bonchev–Trinajstić information content (AvgIpc) is 3.19. The van der Waals surface area contributed by atoms with E-state index >= 15 is 0 Å². The molecule has 23 heavy (non-hydrogen) atoms. The second kappa shape index (κ2) is 6.81. The fourth-order valence-electron chi connectivity index (χ4n) is 1.93. The summed E-state index contributed by atoms with van der Waals surface area (Å²) in [5.74, 6) is 1.04. The highest BCUT2D eigenvalue weighted by Crippen LogP contribution is 2.27. The van der Waals surface area contributed by atoms with Crippen LogP contribution in [0.3, 0.4) is 0 Å². The van der Waals surface area contributed by atoms with Crippen LogP contribution >= 0.6 is 22.9 Å². The molecule has 0 saturated carbocycles. The summed E-state index contributed by atoms with van der Waals surface area (Å²) in [5.41, 5.74) is 1.91. The summed E-state index contributed by atoms with van der Waals surface area (Å²) in [4.78, 5) is 15.7. The quantitative estimate of drug-likeness (QED) is 0.676. The molecule has 0 saturated heterocycles. The first-order valence-electron chi connectivity index (χ1n) is 6.87. The van der Waals surface area contributed by atoms with Gasteiger partial charge in [0.2, 0.25) is 5.91 Å². The van der Waals surface area contributed by atoms with Gasteiger partial charge in [-0.25, -0.2) is 4.98 Å². The van der Waals surface area contributed by atoms with Crippen LogP contribution in [0.25, 0.3) is 17.4 Å². The zero-order valence-electron chi connectivity index (χ0n) is 12.2. The standard InChI is InChI=1S/C17H13ClN2O2S/c1-11-2-3-12(10-14(11)18)15-6-4-13(22-15)5-7-16(21)20-17-19-8-9-23-17/h2-10H,1H3,(H,19,20,21)/b7-5+. The number of amides is 1. The highest BCUT2D eigenvalue weighted by atomic mass is 35.5. The summed E-state index contributed by atoms with van der Waals surface area (Å²) in [7, 11) is 0. The molecule has 6 heteroatoms. The van der Waals surface area contributed by atoms with Gasteiger partial charge in [0.15, 0.2) is 5.13 Å². The van der Waals surface area contributed by atoms with Gasteiger partial charge in [-0.2, -0.15) is 0 Å². The van der Waals surface area contributed by atoms with E-state index in [1.165, 1.54) is 17.4 Å². The van der Waals surface area contributed by atoms with Gasteiger partial charge in [0, 0.05) is 28.2 Å². The third-order valence-electron chi connectivity index (χ3n) is 3.14. The van der Waals surface area contributed by atoms with Gasteiger partial charge in [0.25, 0.3) is 0 Å². The third-order valence-corrected chi connectivity index (χ3v) is 4.24. The lowest BCUT2D eigenvalue weighted by Crippen LogP contribution is -2.06. The SMILES string of the molecule is Cc1ccc(-c2ccc(/C=C/C(=O)Nc3nccs3)o2)cc1Cl. The van der Waals surface area contributed by atoms with Gasteiger partial charge in [-0.1, -0.05) is 23.7 Å². The molecule has 4 nitrogen and oxygen atoms in total. The molecule has 0 aliphatic rings. The maximum Gasteiger partial charge on any atom is 0.250 e. The van der Waals surface area contributed by atoms with Gasteiger partial charge < -0.3 is 4.42 Å². The van der Waals surface area contributed by atoms with Crippen molar-refractivity contribution in [2.45, 2.75) is 6.92 Å². The number of benzene rings is 1. The Bertz CT molecular complexity index is 853. The Labute approximate surface area is 142 Å². The number of nitrogens with zero attached hydrogens (tertiary/aromatic N) is 1. The lowest BCUT2D eigenvalue weighted by atomic mass is 10.1. The van der Waals surface area contributed by atoms with E-state index in [4.69, 9.17) is 16.0 Å². The molecule has 0 aliphatic carbocycles. The van der Waals surface area contributed by atoms with Crippen LogP contribution in [-0.4, -0.2) is 10.9 Å². The van der Waals surface area contributed by atoms with Gasteiger partial charge in [-0.3, -0.25) is 10.1 Å². The minimum atomic E-state index is -0.253. The summed E-state index contributed by atoms with van der Waals surface area (Å²) in [5, 5.41) is 5.72. The molecule has 116 valence electrons. The Kier molecular flexibility index (Phi) is 4.60. The van der Waals surface area contributed by atoms with Crippen LogP contribution in [0.5, 0.6) is 0 Å². The largest absolute Gasteiger partial charge is 0.457 e. The van der Waals surface area contributed by atoms with Gasteiger partial charge in [-0.05, 0) is 36.8 Å². The number of furan rings is 1. The molecule has 0 unspecified atom stereocenters. The molecule has 0 spiro atoms. The third kappa shape index (κ3) is 3.88. The van der Waals surface area contributed by atoms with Crippen molar-refractivity contribution in [3.05, 3.63) is 64.3 Å². The number of nitrogens with one attached hydrogen (secondary N) is 1. The van der Waals surface area contributed by atoms with E-state index in [1.54, 1.807) is 23.7 Å². The van der Waals surface area contributed by atoms with Crippen LogP contribution in [-0.2, 0) is 4.79 Å². The second-order valence-corrected chi connectivity index (χ2v) is 6.13. The number of thiazole rings is 1. The Morgan fingerprint density at radius 3 is 2.96 bits per heavy atom. The molecule has 1 N–H and O–H groups in total. The first-order valence-corrected chi connectivity index (χ1v) is 8.12. The van der Waals surface area contributed by atoms with E-state index in [9.17, 15) is 4.79 Å². The van der Waals surface area contributed by atoms with Crippen molar-refractivity contribution in [3.63, 3.8) is 0 Å². The van der Waals surface area contributed by atoms with Crippen molar-refractivity contribution in [2.24, 2.45) is 0 Å². The highest BCUT2D eigenvalue weighted by molar-refractivity contribution is 7.13. The Balaban J connectivity index is 1.70. The monoisotopic (exact) mass is 344 g/mol. The van der Waals surface area contributed by atoms with E-state index in [0.29, 0.717) is 21.7 Å². The summed E-state index contributed by atoms with van der Waals surface area (Å²) < 4.78 is 5.71. The molecule has 3 aromatic rings. The predicted molar refractivity (Wildman–Crippen MR) is 93.7 cm³/mol. The maximum absolute atomic E-state index is 11.8. The van der Waals surface area contributed by atoms with Crippen molar-refractivity contribution in [1.29, 1.82) is 0 Å². The van der Waals surface area contributed by atoms with Crippen molar-refractivity contribution in [3.8, 4) is 11.3 Å². The van der Waals surface area contributed by atoms with Crippen molar-refractivity contribution >= 4 is 40.1 Å². The minimum absolute atomic E-state index is 0.253. The topological polar surface area (TPSA) is 55.1 Å². The molecular formula is C17H13ClN2O2S. The van der Waals surface area contributed by atoms with E-state index < -0.39 is 0 Å². The molecule has 0 aliphatic heterocycles. The summed E-state index contributed by atoms with van der Waals surface area (Å²) in [6.45, 7) is 1.95. The lowest BCUT2D eigenvalue weighted by Gasteiger charge is -2.00. The molecule has 0 radical (unpaired) electrons. The van der Waals surface area contributed by atoms with Gasteiger partial charge >= 0.3 is 0 Å². The van der Waals surface area contributed by atoms with Crippen LogP contribution in [0, 0.1) is 6.92 Å². The molecule has 3 rings (SSSR count). The predicted octanol–water partition coefficient (Wildman–Crippen LogP) is 5.02.